The first-order valence-electron chi connectivity index (χ1n) is 11.0. The van der Waals surface area contributed by atoms with E-state index in [1.54, 1.807) is 12.1 Å². The Morgan fingerprint density at radius 2 is 1.88 bits per heavy atom. The molecule has 2 saturated heterocycles. The molecule has 3 aliphatic rings. The van der Waals surface area contributed by atoms with Crippen molar-refractivity contribution < 1.29 is 9.59 Å². The molecule has 0 spiro atoms. The largest absolute Gasteiger partial charge is 0.352 e. The van der Waals surface area contributed by atoms with Gasteiger partial charge in [0.1, 0.15) is 18.0 Å². The highest BCUT2D eigenvalue weighted by Gasteiger charge is 2.48. The molecule has 0 aliphatic carbocycles. The minimum Gasteiger partial charge on any atom is -0.352 e. The minimum absolute atomic E-state index is 0.0696. The molecule has 3 aliphatic heterocycles. The summed E-state index contributed by atoms with van der Waals surface area (Å²) in [6.07, 6.45) is 3.39. The summed E-state index contributed by atoms with van der Waals surface area (Å²) in [6, 6.07) is 7.53. The average molecular weight is 455 g/mol. The Balaban J connectivity index is 1.41. The van der Waals surface area contributed by atoms with Crippen LogP contribution in [0.3, 0.4) is 0 Å². The lowest BCUT2D eigenvalue weighted by molar-refractivity contribution is -0.136. The molecule has 2 amide bonds. The van der Waals surface area contributed by atoms with E-state index >= 15 is 0 Å². The van der Waals surface area contributed by atoms with E-state index < -0.39 is 5.41 Å². The molecule has 0 radical (unpaired) electrons. The van der Waals surface area contributed by atoms with Gasteiger partial charge in [0.25, 0.3) is 0 Å². The van der Waals surface area contributed by atoms with Crippen molar-refractivity contribution in [3.8, 4) is 0 Å². The number of piperazine rings is 1. The fraction of sp³-hybridized carbons (Fsp3) is 0.478. The number of amides is 2. The SMILES string of the molecule is CC1(C)C(=O)Nc2ncnc(N3C[C@H]4CC[C@@H](C3)N4C(=O)[C@H](CN)c3ccc(Cl)cc3)c21. The third-order valence-corrected chi connectivity index (χ3v) is 7.35. The predicted octanol–water partition coefficient (Wildman–Crippen LogP) is 2.28. The van der Waals surface area contributed by atoms with Crippen molar-refractivity contribution in [2.24, 2.45) is 5.73 Å². The fourth-order valence-corrected chi connectivity index (χ4v) is 5.48. The molecule has 1 aromatic carbocycles. The molecule has 3 N–H and O–H groups in total. The number of benzene rings is 1. The van der Waals surface area contributed by atoms with Crippen molar-refractivity contribution >= 4 is 35.1 Å². The van der Waals surface area contributed by atoms with Crippen LogP contribution in [0.25, 0.3) is 0 Å². The number of carbonyl (C=O) groups excluding carboxylic acids is 2. The van der Waals surface area contributed by atoms with E-state index in [2.05, 4.69) is 20.2 Å². The van der Waals surface area contributed by atoms with Crippen LogP contribution in [-0.2, 0) is 15.0 Å². The lowest BCUT2D eigenvalue weighted by Crippen LogP contribution is -2.57. The molecule has 5 rings (SSSR count). The van der Waals surface area contributed by atoms with Gasteiger partial charge in [-0.15, -0.1) is 0 Å². The van der Waals surface area contributed by atoms with Crippen LogP contribution in [0.5, 0.6) is 0 Å². The number of fused-ring (bicyclic) bond motifs is 3. The van der Waals surface area contributed by atoms with Crippen LogP contribution in [0.4, 0.5) is 11.6 Å². The fourth-order valence-electron chi connectivity index (χ4n) is 5.35. The number of carbonyl (C=O) groups is 2. The molecule has 168 valence electrons. The van der Waals surface area contributed by atoms with Crippen molar-refractivity contribution in [2.75, 3.05) is 29.9 Å². The molecular weight excluding hydrogens is 428 g/mol. The maximum absolute atomic E-state index is 13.6. The van der Waals surface area contributed by atoms with Crippen molar-refractivity contribution in [3.05, 3.63) is 46.7 Å². The number of rotatable bonds is 4. The van der Waals surface area contributed by atoms with E-state index in [9.17, 15) is 9.59 Å². The third kappa shape index (κ3) is 3.24. The first kappa shape index (κ1) is 21.2. The number of anilines is 2. The monoisotopic (exact) mass is 454 g/mol. The topological polar surface area (TPSA) is 104 Å². The molecule has 3 atom stereocenters. The highest BCUT2D eigenvalue weighted by atomic mass is 35.5. The zero-order valence-corrected chi connectivity index (χ0v) is 19.0. The second kappa shape index (κ2) is 7.71. The lowest BCUT2D eigenvalue weighted by Gasteiger charge is -2.43. The number of hydrogen-bond donors (Lipinski definition) is 2. The molecular formula is C23H27ClN6O2. The molecule has 4 heterocycles. The average Bonchev–Trinajstić information content (AvgIpc) is 3.17. The van der Waals surface area contributed by atoms with Gasteiger partial charge in [0, 0.05) is 36.7 Å². The number of nitrogens with two attached hydrogens (primary N) is 1. The molecule has 0 unspecified atom stereocenters. The Morgan fingerprint density at radius 3 is 2.50 bits per heavy atom. The normalized spacial score (nSPS) is 24.3. The standard InChI is InChI=1S/C23H27ClN6O2/c1-23(2)18-19(28-22(23)32)26-12-27-20(18)29-10-15-7-8-16(11-29)30(15)21(31)17(9-25)13-3-5-14(24)6-4-13/h3-6,12,15-17H,7-11,25H2,1-2H3,(H,26,27,28,32)/t15-,16+,17-/m1/s1. The van der Waals surface area contributed by atoms with Crippen LogP contribution in [0.2, 0.25) is 5.02 Å². The first-order chi connectivity index (χ1) is 15.3. The Hall–Kier alpha value is -2.71. The van der Waals surface area contributed by atoms with Crippen LogP contribution in [-0.4, -0.2) is 58.4 Å². The number of halogens is 1. The van der Waals surface area contributed by atoms with Crippen LogP contribution < -0.4 is 16.0 Å². The Kier molecular flexibility index (Phi) is 5.09. The second-order valence-electron chi connectivity index (χ2n) is 9.38. The van der Waals surface area contributed by atoms with Gasteiger partial charge in [0.2, 0.25) is 11.8 Å². The highest BCUT2D eigenvalue weighted by Crippen LogP contribution is 2.43. The number of hydrogen-bond acceptors (Lipinski definition) is 6. The van der Waals surface area contributed by atoms with Crippen LogP contribution in [0.15, 0.2) is 30.6 Å². The molecule has 9 heteroatoms. The molecule has 32 heavy (non-hydrogen) atoms. The lowest BCUT2D eigenvalue weighted by atomic mass is 9.86. The quantitative estimate of drug-likeness (QED) is 0.734. The van der Waals surface area contributed by atoms with Crippen LogP contribution in [0, 0.1) is 0 Å². The van der Waals surface area contributed by atoms with E-state index in [0.717, 1.165) is 29.8 Å². The molecule has 2 bridgehead atoms. The second-order valence-corrected chi connectivity index (χ2v) is 9.81. The van der Waals surface area contributed by atoms with E-state index in [4.69, 9.17) is 17.3 Å². The van der Waals surface area contributed by atoms with Gasteiger partial charge in [0.15, 0.2) is 0 Å². The summed E-state index contributed by atoms with van der Waals surface area (Å²) in [5, 5.41) is 3.51. The predicted molar refractivity (Wildman–Crippen MR) is 123 cm³/mol. The van der Waals surface area contributed by atoms with Gasteiger partial charge >= 0.3 is 0 Å². The Morgan fingerprint density at radius 1 is 1.22 bits per heavy atom. The van der Waals surface area contributed by atoms with Gasteiger partial charge in [-0.3, -0.25) is 9.59 Å². The Labute approximate surface area is 192 Å². The maximum Gasteiger partial charge on any atom is 0.235 e. The first-order valence-corrected chi connectivity index (χ1v) is 11.4. The Bertz CT molecular complexity index is 1060. The maximum atomic E-state index is 13.6. The highest BCUT2D eigenvalue weighted by molar-refractivity contribution is 6.30. The summed E-state index contributed by atoms with van der Waals surface area (Å²) >= 11 is 6.02. The summed E-state index contributed by atoms with van der Waals surface area (Å²) in [4.78, 5) is 39.1. The van der Waals surface area contributed by atoms with Crippen LogP contribution >= 0.6 is 11.6 Å². The van der Waals surface area contributed by atoms with E-state index in [1.165, 1.54) is 6.33 Å². The van der Waals surface area contributed by atoms with Gasteiger partial charge in [0.05, 0.1) is 16.9 Å². The van der Waals surface area contributed by atoms with Gasteiger partial charge in [-0.1, -0.05) is 23.7 Å². The van der Waals surface area contributed by atoms with E-state index in [-0.39, 0.29) is 36.4 Å². The summed E-state index contributed by atoms with van der Waals surface area (Å²) < 4.78 is 0. The zero-order chi connectivity index (χ0) is 22.6. The van der Waals surface area contributed by atoms with Gasteiger partial charge in [-0.25, -0.2) is 9.97 Å². The number of aromatic nitrogens is 2. The number of nitrogens with one attached hydrogen (secondary N) is 1. The van der Waals surface area contributed by atoms with E-state index in [1.807, 2.05) is 30.9 Å². The van der Waals surface area contributed by atoms with Gasteiger partial charge in [-0.2, -0.15) is 0 Å². The summed E-state index contributed by atoms with van der Waals surface area (Å²) in [5.41, 5.74) is 7.07. The van der Waals surface area contributed by atoms with Crippen molar-refractivity contribution in [2.45, 2.75) is 50.1 Å². The summed E-state index contributed by atoms with van der Waals surface area (Å²) in [7, 11) is 0. The number of nitrogens with zero attached hydrogens (tertiary/aromatic N) is 4. The molecule has 0 saturated carbocycles. The molecule has 1 aromatic heterocycles. The van der Waals surface area contributed by atoms with Crippen molar-refractivity contribution in [1.29, 1.82) is 0 Å². The van der Waals surface area contributed by atoms with Gasteiger partial charge < -0.3 is 20.9 Å². The minimum atomic E-state index is -0.697. The zero-order valence-electron chi connectivity index (χ0n) is 18.2. The van der Waals surface area contributed by atoms with Crippen molar-refractivity contribution in [3.63, 3.8) is 0 Å². The third-order valence-electron chi connectivity index (χ3n) is 7.09. The van der Waals surface area contributed by atoms with Gasteiger partial charge in [-0.05, 0) is 44.4 Å². The van der Waals surface area contributed by atoms with Crippen LogP contribution in [0.1, 0.15) is 43.7 Å². The molecule has 2 aromatic rings. The molecule has 8 nitrogen and oxygen atoms in total. The smallest absolute Gasteiger partial charge is 0.235 e. The van der Waals surface area contributed by atoms with Crippen molar-refractivity contribution in [1.82, 2.24) is 14.9 Å². The summed E-state index contributed by atoms with van der Waals surface area (Å²) in [5.74, 6) is 0.995. The molecule has 2 fully saturated rings. The summed E-state index contributed by atoms with van der Waals surface area (Å²) in [6.45, 7) is 5.39. The van der Waals surface area contributed by atoms with E-state index in [0.29, 0.717) is 23.9 Å².